The number of hydrogen-bond acceptors (Lipinski definition) is 5. The van der Waals surface area contributed by atoms with Crippen molar-refractivity contribution in [1.29, 1.82) is 0 Å². The molecule has 8 heteroatoms. The minimum Gasteiger partial charge on any atom is -0.366 e. The van der Waals surface area contributed by atoms with Crippen LogP contribution in [0.4, 0.5) is 0 Å². The van der Waals surface area contributed by atoms with Crippen molar-refractivity contribution in [2.45, 2.75) is 62.6 Å². The smallest absolute Gasteiger partial charge is 0.248 e. The summed E-state index contributed by atoms with van der Waals surface area (Å²) < 4.78 is 0. The van der Waals surface area contributed by atoms with Gasteiger partial charge in [0.1, 0.15) is 6.04 Å². The van der Waals surface area contributed by atoms with Gasteiger partial charge in [0, 0.05) is 30.9 Å². The number of aryl methyl sites for hydroxylation is 1. The fraction of sp³-hybridized carbons (Fsp3) is 0.333. The summed E-state index contributed by atoms with van der Waals surface area (Å²) in [5.41, 5.74) is 15.7. The van der Waals surface area contributed by atoms with E-state index in [-0.39, 0.29) is 29.9 Å². The number of likely N-dealkylation sites (tertiary alicyclic amines) is 1. The molecule has 1 fully saturated rings. The summed E-state index contributed by atoms with van der Waals surface area (Å²) in [6, 6.07) is 22.3. The van der Waals surface area contributed by atoms with Crippen molar-refractivity contribution in [2.24, 2.45) is 11.5 Å². The van der Waals surface area contributed by atoms with E-state index in [1.54, 1.807) is 36.1 Å². The van der Waals surface area contributed by atoms with E-state index >= 15 is 0 Å². The third-order valence-corrected chi connectivity index (χ3v) is 8.34. The molecule has 2 unspecified atom stereocenters. The van der Waals surface area contributed by atoms with E-state index < -0.39 is 29.9 Å². The highest BCUT2D eigenvalue weighted by atomic mass is 16.2. The molecule has 3 aromatic rings. The van der Waals surface area contributed by atoms with Crippen LogP contribution in [-0.4, -0.2) is 53.1 Å². The van der Waals surface area contributed by atoms with Crippen LogP contribution in [0.5, 0.6) is 0 Å². The maximum atomic E-state index is 14.1. The Bertz CT molecular complexity index is 1450. The summed E-state index contributed by atoms with van der Waals surface area (Å²) in [4.78, 5) is 54.0. The number of amides is 3. The number of fused-ring (bicyclic) bond motifs is 1. The zero-order valence-corrected chi connectivity index (χ0v) is 23.2. The monoisotopic (exact) mass is 552 g/mol. The normalized spacial score (nSPS) is 20.8. The van der Waals surface area contributed by atoms with Gasteiger partial charge in [-0.25, -0.2) is 0 Å². The maximum Gasteiger partial charge on any atom is 0.248 e. The zero-order chi connectivity index (χ0) is 29.1. The van der Waals surface area contributed by atoms with Gasteiger partial charge >= 0.3 is 0 Å². The minimum atomic E-state index is -0.962. The number of carbonyl (C=O) groups excluding carboxylic acids is 4. The lowest BCUT2D eigenvalue weighted by Crippen LogP contribution is -2.65. The van der Waals surface area contributed by atoms with Crippen LogP contribution in [0.3, 0.4) is 0 Å². The number of carbonyl (C=O) groups is 4. The predicted octanol–water partition coefficient (Wildman–Crippen LogP) is 2.84. The molecule has 5 rings (SSSR count). The average molecular weight is 553 g/mol. The van der Waals surface area contributed by atoms with E-state index in [4.69, 9.17) is 11.5 Å². The molecule has 1 saturated heterocycles. The maximum absolute atomic E-state index is 14.1. The molecule has 0 radical (unpaired) electrons. The number of nitrogens with zero attached hydrogens (tertiary/aromatic N) is 1. The number of hydrogen-bond donors (Lipinski definition) is 3. The number of nitrogens with two attached hydrogens (primary N) is 2. The van der Waals surface area contributed by atoms with Crippen LogP contribution in [-0.2, 0) is 27.2 Å². The molecular formula is C33H36N4O4. The van der Waals surface area contributed by atoms with E-state index in [1.165, 1.54) is 11.1 Å². The quantitative estimate of drug-likeness (QED) is 0.355. The molecule has 0 bridgehead atoms. The number of ketones is 1. The van der Waals surface area contributed by atoms with Gasteiger partial charge in [0.05, 0.1) is 12.1 Å². The van der Waals surface area contributed by atoms with Gasteiger partial charge in [-0.2, -0.15) is 0 Å². The van der Waals surface area contributed by atoms with Crippen LogP contribution in [0.2, 0.25) is 0 Å². The summed E-state index contributed by atoms with van der Waals surface area (Å²) >= 11 is 0. The van der Waals surface area contributed by atoms with Crippen molar-refractivity contribution >= 4 is 23.5 Å². The Morgan fingerprint density at radius 3 is 2.44 bits per heavy atom. The topological polar surface area (TPSA) is 136 Å². The average Bonchev–Trinajstić information content (AvgIpc) is 3.35. The Morgan fingerprint density at radius 2 is 1.71 bits per heavy atom. The summed E-state index contributed by atoms with van der Waals surface area (Å²) in [5.74, 6) is -1.39. The second-order valence-corrected chi connectivity index (χ2v) is 11.2. The van der Waals surface area contributed by atoms with E-state index in [0.29, 0.717) is 24.1 Å². The summed E-state index contributed by atoms with van der Waals surface area (Å²) in [5, 5.41) is 2.78. The van der Waals surface area contributed by atoms with Gasteiger partial charge in [-0.15, -0.1) is 0 Å². The standard InChI is InChI=1S/C33H36N4O4/c1-20(34)32(40)36-28(17-21-8-7-12-25(16-21)31(35)39)33(41)37-19-27(22-9-3-2-4-10-22)30(37)29(38)18-24-15-14-23-11-5-6-13-26(23)24/h2-13,16,20,24,27-28,30H,14-15,17-19,34H2,1H3,(H2,35,39)(H,36,40)/t20-,24-,27?,28-,30?/m0/s1. The Hall–Kier alpha value is -4.30. The lowest BCUT2D eigenvalue weighted by Gasteiger charge is -2.49. The molecule has 0 aromatic heterocycles. The first-order chi connectivity index (χ1) is 19.7. The third kappa shape index (κ3) is 6.07. The van der Waals surface area contributed by atoms with Gasteiger partial charge < -0.3 is 21.7 Å². The van der Waals surface area contributed by atoms with Crippen LogP contribution >= 0.6 is 0 Å². The highest BCUT2D eigenvalue weighted by Crippen LogP contribution is 2.40. The van der Waals surface area contributed by atoms with Gasteiger partial charge in [-0.1, -0.05) is 66.7 Å². The highest BCUT2D eigenvalue weighted by Gasteiger charge is 2.49. The van der Waals surface area contributed by atoms with E-state index in [2.05, 4.69) is 17.4 Å². The number of benzene rings is 3. The molecule has 5 N–H and O–H groups in total. The molecule has 0 spiro atoms. The first kappa shape index (κ1) is 28.2. The van der Waals surface area contributed by atoms with Gasteiger partial charge in [-0.3, -0.25) is 19.2 Å². The molecular weight excluding hydrogens is 516 g/mol. The van der Waals surface area contributed by atoms with Crippen LogP contribution in [0.15, 0.2) is 78.9 Å². The number of Topliss-reactive ketones (excluding diaryl/α,β-unsaturated/α-hetero) is 1. The molecule has 1 aliphatic carbocycles. The summed E-state index contributed by atoms with van der Waals surface area (Å²) in [7, 11) is 0. The van der Waals surface area contributed by atoms with Crippen molar-refractivity contribution in [3.8, 4) is 0 Å². The lowest BCUT2D eigenvalue weighted by molar-refractivity contribution is -0.151. The molecule has 5 atom stereocenters. The van der Waals surface area contributed by atoms with Gasteiger partial charge in [0.15, 0.2) is 5.78 Å². The SMILES string of the molecule is C[C@H](N)C(=O)N[C@@H](Cc1cccc(C(N)=O)c1)C(=O)N1CC(c2ccccc2)C1C(=O)C[C@@H]1CCc2ccccc21. The molecule has 1 aliphatic heterocycles. The van der Waals surface area contributed by atoms with Gasteiger partial charge in [-0.05, 0) is 60.1 Å². The first-order valence-corrected chi connectivity index (χ1v) is 14.1. The van der Waals surface area contributed by atoms with Crippen molar-refractivity contribution in [2.75, 3.05) is 6.54 Å². The molecule has 1 heterocycles. The van der Waals surface area contributed by atoms with Crippen LogP contribution in [0, 0.1) is 0 Å². The van der Waals surface area contributed by atoms with Crippen LogP contribution in [0.25, 0.3) is 0 Å². The summed E-state index contributed by atoms with van der Waals surface area (Å²) in [6.45, 7) is 1.91. The van der Waals surface area contributed by atoms with E-state index in [9.17, 15) is 19.2 Å². The minimum absolute atomic E-state index is 0.0214. The molecule has 8 nitrogen and oxygen atoms in total. The fourth-order valence-corrected chi connectivity index (χ4v) is 6.13. The van der Waals surface area contributed by atoms with E-state index in [0.717, 1.165) is 18.4 Å². The molecule has 0 saturated carbocycles. The summed E-state index contributed by atoms with van der Waals surface area (Å²) in [6.07, 6.45) is 2.33. The molecule has 3 amide bonds. The first-order valence-electron chi connectivity index (χ1n) is 14.1. The Kier molecular flexibility index (Phi) is 8.31. The zero-order valence-electron chi connectivity index (χ0n) is 23.2. The third-order valence-electron chi connectivity index (χ3n) is 8.34. The molecule has 3 aromatic carbocycles. The number of nitrogens with one attached hydrogen (secondary N) is 1. The Labute approximate surface area is 240 Å². The Balaban J connectivity index is 1.41. The van der Waals surface area contributed by atoms with Crippen molar-refractivity contribution in [3.05, 3.63) is 107 Å². The highest BCUT2D eigenvalue weighted by molar-refractivity contribution is 5.96. The largest absolute Gasteiger partial charge is 0.366 e. The van der Waals surface area contributed by atoms with Crippen molar-refractivity contribution < 1.29 is 19.2 Å². The van der Waals surface area contributed by atoms with Gasteiger partial charge in [0.2, 0.25) is 17.7 Å². The number of primary amides is 1. The molecule has 2 aliphatic rings. The molecule has 41 heavy (non-hydrogen) atoms. The fourth-order valence-electron chi connectivity index (χ4n) is 6.13. The Morgan fingerprint density at radius 1 is 0.976 bits per heavy atom. The van der Waals surface area contributed by atoms with Crippen molar-refractivity contribution in [3.63, 3.8) is 0 Å². The van der Waals surface area contributed by atoms with Gasteiger partial charge in [0.25, 0.3) is 0 Å². The van der Waals surface area contributed by atoms with Crippen LogP contribution < -0.4 is 16.8 Å². The van der Waals surface area contributed by atoms with E-state index in [1.807, 2.05) is 42.5 Å². The van der Waals surface area contributed by atoms with Crippen molar-refractivity contribution in [1.82, 2.24) is 10.2 Å². The predicted molar refractivity (Wildman–Crippen MR) is 156 cm³/mol. The van der Waals surface area contributed by atoms with Crippen LogP contribution in [0.1, 0.15) is 64.2 Å². The number of rotatable bonds is 10. The lowest BCUT2D eigenvalue weighted by atomic mass is 9.77. The second kappa shape index (κ2) is 12.1. The molecule has 212 valence electrons. The second-order valence-electron chi connectivity index (χ2n) is 11.2.